The normalized spacial score (nSPS) is 16.9. The van der Waals surface area contributed by atoms with Gasteiger partial charge in [0.05, 0.1) is 18.7 Å². The third kappa shape index (κ3) is 3.65. The number of benzene rings is 1. The zero-order chi connectivity index (χ0) is 18.7. The van der Waals surface area contributed by atoms with E-state index in [4.69, 9.17) is 16.3 Å². The van der Waals surface area contributed by atoms with Crippen LogP contribution in [0, 0.1) is 0 Å². The van der Waals surface area contributed by atoms with Gasteiger partial charge in [0, 0.05) is 23.5 Å². The minimum Gasteiger partial charge on any atom is -0.466 e. The highest BCUT2D eigenvalue weighted by atomic mass is 35.5. The zero-order valence-corrected chi connectivity index (χ0v) is 15.5. The van der Waals surface area contributed by atoms with Crippen molar-refractivity contribution in [2.45, 2.75) is 11.2 Å². The van der Waals surface area contributed by atoms with E-state index in [-0.39, 0.29) is 11.3 Å². The molecule has 0 radical (unpaired) electrons. The lowest BCUT2D eigenvalue weighted by molar-refractivity contribution is -0.136. The predicted molar refractivity (Wildman–Crippen MR) is 94.4 cm³/mol. The van der Waals surface area contributed by atoms with Gasteiger partial charge < -0.3 is 15.4 Å². The minimum absolute atomic E-state index is 0.271. The summed E-state index contributed by atoms with van der Waals surface area (Å²) in [6.45, 7) is 0. The maximum absolute atomic E-state index is 12.4. The first kappa shape index (κ1) is 18.2. The van der Waals surface area contributed by atoms with Crippen molar-refractivity contribution in [3.63, 3.8) is 0 Å². The van der Waals surface area contributed by atoms with E-state index >= 15 is 0 Å². The van der Waals surface area contributed by atoms with E-state index < -0.39 is 18.0 Å². The van der Waals surface area contributed by atoms with E-state index in [0.29, 0.717) is 21.4 Å². The molecular formula is C15H15ClN6O3S. The molecule has 1 aromatic heterocycles. The summed E-state index contributed by atoms with van der Waals surface area (Å²) >= 11 is 7.54. The molecule has 2 amide bonds. The molecule has 2 aromatic rings. The van der Waals surface area contributed by atoms with Gasteiger partial charge >= 0.3 is 12.0 Å². The molecule has 2 heterocycles. The molecule has 0 spiro atoms. The third-order valence-electron chi connectivity index (χ3n) is 3.70. The van der Waals surface area contributed by atoms with Gasteiger partial charge in [0.2, 0.25) is 5.16 Å². The van der Waals surface area contributed by atoms with Crippen LogP contribution in [0.25, 0.3) is 0 Å². The van der Waals surface area contributed by atoms with Crippen molar-refractivity contribution in [1.29, 1.82) is 0 Å². The van der Waals surface area contributed by atoms with E-state index in [9.17, 15) is 9.59 Å². The van der Waals surface area contributed by atoms with Gasteiger partial charge in [0.1, 0.15) is 0 Å². The number of amides is 2. The molecule has 136 valence electrons. The Morgan fingerprint density at radius 3 is 2.85 bits per heavy atom. The van der Waals surface area contributed by atoms with Gasteiger partial charge in [-0.1, -0.05) is 41.6 Å². The number of aromatic nitrogens is 4. The number of nitrogens with one attached hydrogen (secondary N) is 2. The summed E-state index contributed by atoms with van der Waals surface area (Å²) in [5, 5.41) is 17.6. The van der Waals surface area contributed by atoms with Crippen LogP contribution in [-0.2, 0) is 16.6 Å². The van der Waals surface area contributed by atoms with Crippen molar-refractivity contribution in [1.82, 2.24) is 30.8 Å². The highest BCUT2D eigenvalue weighted by Gasteiger charge is 2.34. The number of hydrogen-bond acceptors (Lipinski definition) is 7. The molecule has 1 atom stereocenters. The fourth-order valence-electron chi connectivity index (χ4n) is 2.51. The quantitative estimate of drug-likeness (QED) is 0.583. The van der Waals surface area contributed by atoms with E-state index in [0.717, 1.165) is 0 Å². The topological polar surface area (TPSA) is 111 Å². The molecule has 0 saturated carbocycles. The summed E-state index contributed by atoms with van der Waals surface area (Å²) in [6, 6.07) is 5.84. The number of esters is 1. The lowest BCUT2D eigenvalue weighted by atomic mass is 9.95. The van der Waals surface area contributed by atoms with Gasteiger partial charge in [-0.3, -0.25) is 0 Å². The summed E-state index contributed by atoms with van der Waals surface area (Å²) in [5.74, 6) is -0.290. The smallest absolute Gasteiger partial charge is 0.338 e. The maximum atomic E-state index is 12.4. The van der Waals surface area contributed by atoms with Crippen LogP contribution in [0.5, 0.6) is 0 Å². The second-order valence-corrected chi connectivity index (χ2v) is 6.66. The molecule has 1 aliphatic rings. The SMILES string of the molecule is COC(=O)C1=C(CSc2nnnn2C)NC(=O)NC1c1ccccc1Cl. The van der Waals surface area contributed by atoms with E-state index in [1.165, 1.54) is 23.6 Å². The zero-order valence-electron chi connectivity index (χ0n) is 13.9. The molecule has 3 rings (SSSR count). The second-order valence-electron chi connectivity index (χ2n) is 5.31. The van der Waals surface area contributed by atoms with Gasteiger partial charge in [-0.15, -0.1) is 5.10 Å². The molecule has 1 aliphatic heterocycles. The van der Waals surface area contributed by atoms with Gasteiger partial charge in [0.25, 0.3) is 0 Å². The van der Waals surface area contributed by atoms with Gasteiger partial charge in [-0.05, 0) is 22.1 Å². The van der Waals surface area contributed by atoms with Crippen LogP contribution in [0.1, 0.15) is 11.6 Å². The number of carbonyl (C=O) groups is 2. The van der Waals surface area contributed by atoms with Gasteiger partial charge in [-0.2, -0.15) is 0 Å². The number of hydrogen-bond donors (Lipinski definition) is 2. The van der Waals surface area contributed by atoms with Crippen LogP contribution in [-0.4, -0.2) is 45.1 Å². The number of halogens is 1. The number of nitrogens with zero attached hydrogens (tertiary/aromatic N) is 4. The monoisotopic (exact) mass is 394 g/mol. The van der Waals surface area contributed by atoms with Crippen LogP contribution < -0.4 is 10.6 Å². The van der Waals surface area contributed by atoms with Crippen molar-refractivity contribution in [2.75, 3.05) is 12.9 Å². The minimum atomic E-state index is -0.724. The Kier molecular flexibility index (Phi) is 5.43. The molecule has 0 aliphatic carbocycles. The number of aryl methyl sites for hydroxylation is 1. The van der Waals surface area contributed by atoms with E-state index in [1.54, 1.807) is 31.3 Å². The van der Waals surface area contributed by atoms with Crippen LogP contribution in [0.2, 0.25) is 5.02 Å². The molecule has 9 nitrogen and oxygen atoms in total. The Morgan fingerprint density at radius 1 is 1.42 bits per heavy atom. The van der Waals surface area contributed by atoms with Crippen molar-refractivity contribution < 1.29 is 14.3 Å². The molecule has 2 N–H and O–H groups in total. The highest BCUT2D eigenvalue weighted by molar-refractivity contribution is 7.99. The molecule has 0 bridgehead atoms. The third-order valence-corrected chi connectivity index (χ3v) is 5.08. The summed E-state index contributed by atoms with van der Waals surface area (Å²) in [6.07, 6.45) is 0. The van der Waals surface area contributed by atoms with Crippen LogP contribution >= 0.6 is 23.4 Å². The number of urea groups is 1. The van der Waals surface area contributed by atoms with E-state index in [2.05, 4.69) is 26.2 Å². The first-order valence-corrected chi connectivity index (χ1v) is 8.86. The Labute approximate surface area is 158 Å². The largest absolute Gasteiger partial charge is 0.466 e. The molecule has 1 aromatic carbocycles. The Morgan fingerprint density at radius 2 is 2.19 bits per heavy atom. The number of rotatable bonds is 5. The first-order valence-electron chi connectivity index (χ1n) is 7.49. The van der Waals surface area contributed by atoms with Crippen molar-refractivity contribution in [2.24, 2.45) is 7.05 Å². The molecule has 0 fully saturated rings. The standard InChI is InChI=1S/C15H15ClN6O3S/c1-22-15(19-20-21-22)26-7-10-11(13(23)25-2)12(18-14(24)17-10)8-5-3-4-6-9(8)16/h3-6,12H,7H2,1-2H3,(H2,17,18,24). The van der Waals surface area contributed by atoms with Crippen molar-refractivity contribution >= 4 is 35.4 Å². The lowest BCUT2D eigenvalue weighted by Gasteiger charge is -2.29. The Hall–Kier alpha value is -2.59. The van der Waals surface area contributed by atoms with Gasteiger partial charge in [-0.25, -0.2) is 14.3 Å². The second kappa shape index (κ2) is 7.75. The molecule has 26 heavy (non-hydrogen) atoms. The van der Waals surface area contributed by atoms with Crippen LogP contribution in [0.4, 0.5) is 4.79 Å². The predicted octanol–water partition coefficient (Wildman–Crippen LogP) is 1.44. The summed E-state index contributed by atoms with van der Waals surface area (Å²) < 4.78 is 6.42. The highest BCUT2D eigenvalue weighted by Crippen LogP contribution is 2.33. The fraction of sp³-hybridized carbons (Fsp3) is 0.267. The van der Waals surface area contributed by atoms with E-state index in [1.807, 2.05) is 0 Å². The number of tetrazole rings is 1. The summed E-state index contributed by atoms with van der Waals surface area (Å²) in [4.78, 5) is 24.6. The number of thioether (sulfide) groups is 1. The van der Waals surface area contributed by atoms with Crippen LogP contribution in [0.3, 0.4) is 0 Å². The maximum Gasteiger partial charge on any atom is 0.338 e. The van der Waals surface area contributed by atoms with Gasteiger partial charge in [0.15, 0.2) is 0 Å². The molecular weight excluding hydrogens is 380 g/mol. The molecule has 11 heteroatoms. The lowest BCUT2D eigenvalue weighted by Crippen LogP contribution is -2.46. The average Bonchev–Trinajstić information content (AvgIpc) is 3.04. The first-order chi connectivity index (χ1) is 12.5. The van der Waals surface area contributed by atoms with Crippen molar-refractivity contribution in [3.8, 4) is 0 Å². The molecule has 0 saturated heterocycles. The Bertz CT molecular complexity index is 884. The van der Waals surface area contributed by atoms with Crippen molar-refractivity contribution in [3.05, 3.63) is 46.1 Å². The summed E-state index contributed by atoms with van der Waals surface area (Å²) in [7, 11) is 2.98. The molecule has 1 unspecified atom stereocenters. The van der Waals surface area contributed by atoms with Crippen LogP contribution in [0.15, 0.2) is 40.7 Å². The number of methoxy groups -OCH3 is 1. The summed E-state index contributed by atoms with van der Waals surface area (Å²) in [5.41, 5.74) is 1.30. The Balaban J connectivity index is 2.00. The average molecular weight is 395 g/mol. The number of ether oxygens (including phenoxy) is 1. The number of carbonyl (C=O) groups excluding carboxylic acids is 2. The fourth-order valence-corrected chi connectivity index (χ4v) is 3.57.